The van der Waals surface area contributed by atoms with Crippen LogP contribution < -0.4 is 0 Å². The molecule has 2 heterocycles. The van der Waals surface area contributed by atoms with Gasteiger partial charge in [0, 0.05) is 33.4 Å². The van der Waals surface area contributed by atoms with E-state index >= 15 is 0 Å². The van der Waals surface area contributed by atoms with Crippen LogP contribution >= 0.6 is 0 Å². The third-order valence-corrected chi connectivity index (χ3v) is 15.3. The van der Waals surface area contributed by atoms with E-state index in [4.69, 9.17) is 29.9 Å². The van der Waals surface area contributed by atoms with E-state index in [9.17, 15) is 0 Å². The van der Waals surface area contributed by atoms with Gasteiger partial charge in [0.05, 0.1) is 5.41 Å². The summed E-state index contributed by atoms with van der Waals surface area (Å²) in [5, 5.41) is 0. The largest absolute Gasteiger partial charge is 0.208 e. The molecule has 2 aromatic heterocycles. The molecule has 1 aliphatic carbocycles. The summed E-state index contributed by atoms with van der Waals surface area (Å²) in [7, 11) is 0. The maximum Gasteiger partial charge on any atom is 0.164 e. The first kappa shape index (κ1) is 47.0. The van der Waals surface area contributed by atoms with Crippen LogP contribution in [0.1, 0.15) is 44.5 Å². The average Bonchev–Trinajstić information content (AvgIpc) is 4.05. The Morgan fingerprint density at radius 2 is 0.506 bits per heavy atom. The van der Waals surface area contributed by atoms with Crippen LogP contribution in [0, 0.1) is 27.7 Å². The summed E-state index contributed by atoms with van der Waals surface area (Å²) in [6, 6.07) is 86.3. The van der Waals surface area contributed by atoms with Crippen molar-refractivity contribution in [1.82, 2.24) is 29.9 Å². The van der Waals surface area contributed by atoms with E-state index in [-0.39, 0.29) is 0 Å². The van der Waals surface area contributed by atoms with Gasteiger partial charge in [0.25, 0.3) is 0 Å². The standard InChI is InChI=1S/C71H52N6/c1-45-21-11-15-33-57(45)67-72-65(73-68(76-67)58-34-16-12-22-46(58)2)53-27-19-25-49(41-53)51-37-39-63-61(43-51)62-44-52(38-40-64(62)71(63,55-29-7-5-8-30-55)56-31-9-6-10-32-56)50-26-20-28-54(42-50)66-74-69(59-35-17-13-23-47(59)3)77-70(75-66)60-36-18-14-24-48(60)4/h5-44H,1-4H3. The second kappa shape index (κ2) is 19.5. The topological polar surface area (TPSA) is 77.3 Å². The van der Waals surface area contributed by atoms with Crippen molar-refractivity contribution in [2.75, 3.05) is 0 Å². The molecular weight excluding hydrogens is 937 g/mol. The second-order valence-corrected chi connectivity index (χ2v) is 20.0. The first-order valence-corrected chi connectivity index (χ1v) is 26.2. The first-order chi connectivity index (χ1) is 37.8. The zero-order chi connectivity index (χ0) is 52.0. The summed E-state index contributed by atoms with van der Waals surface area (Å²) in [5.41, 5.74) is 21.2. The molecule has 1 aliphatic rings. The van der Waals surface area contributed by atoms with Crippen molar-refractivity contribution < 1.29 is 0 Å². The van der Waals surface area contributed by atoms with Crippen LogP contribution in [0.3, 0.4) is 0 Å². The van der Waals surface area contributed by atoms with Crippen LogP contribution in [0.2, 0.25) is 0 Å². The SMILES string of the molecule is Cc1ccccc1-c1nc(-c2cccc(-c3ccc4c(c3)-c3cc(-c5cccc(-c6nc(-c7ccccc7C)nc(-c7ccccc7C)n6)c5)ccc3C4(c3ccccc3)c3ccccc3)c2)nc(-c2ccccc2C)n1. The molecule has 13 rings (SSSR count). The van der Waals surface area contributed by atoms with Gasteiger partial charge in [-0.1, -0.05) is 218 Å². The second-order valence-electron chi connectivity index (χ2n) is 20.0. The lowest BCUT2D eigenvalue weighted by atomic mass is 9.67. The van der Waals surface area contributed by atoms with E-state index < -0.39 is 5.41 Å². The van der Waals surface area contributed by atoms with Gasteiger partial charge in [0.15, 0.2) is 34.9 Å². The number of fused-ring (bicyclic) bond motifs is 3. The van der Waals surface area contributed by atoms with Crippen molar-refractivity contribution in [3.05, 3.63) is 287 Å². The van der Waals surface area contributed by atoms with Gasteiger partial charge >= 0.3 is 0 Å². The number of rotatable bonds is 10. The molecule has 0 aliphatic heterocycles. The van der Waals surface area contributed by atoms with Crippen molar-refractivity contribution in [3.63, 3.8) is 0 Å². The van der Waals surface area contributed by atoms with Crippen LogP contribution in [0.5, 0.6) is 0 Å². The summed E-state index contributed by atoms with van der Waals surface area (Å²) in [5.74, 6) is 3.85. The normalized spacial score (nSPS) is 12.3. The highest BCUT2D eigenvalue weighted by Crippen LogP contribution is 2.57. The Morgan fingerprint density at radius 3 is 0.844 bits per heavy atom. The molecule has 10 aromatic carbocycles. The summed E-state index contributed by atoms with van der Waals surface area (Å²) < 4.78 is 0. The quantitative estimate of drug-likeness (QED) is 0.136. The fraction of sp³-hybridized carbons (Fsp3) is 0.0704. The Balaban J connectivity index is 0.964. The number of benzene rings is 10. The third-order valence-electron chi connectivity index (χ3n) is 15.3. The van der Waals surface area contributed by atoms with Crippen molar-refractivity contribution >= 4 is 0 Å². The zero-order valence-electron chi connectivity index (χ0n) is 43.3. The van der Waals surface area contributed by atoms with Crippen LogP contribution in [-0.2, 0) is 5.41 Å². The van der Waals surface area contributed by atoms with Crippen LogP contribution in [-0.4, -0.2) is 29.9 Å². The molecule has 12 aromatic rings. The fourth-order valence-corrected chi connectivity index (χ4v) is 11.3. The minimum atomic E-state index is -0.584. The molecule has 77 heavy (non-hydrogen) atoms. The molecule has 0 N–H and O–H groups in total. The predicted octanol–water partition coefficient (Wildman–Crippen LogP) is 17.0. The number of aromatic nitrogens is 6. The predicted molar refractivity (Wildman–Crippen MR) is 313 cm³/mol. The number of nitrogens with zero attached hydrogens (tertiary/aromatic N) is 6. The minimum Gasteiger partial charge on any atom is -0.208 e. The van der Waals surface area contributed by atoms with Crippen LogP contribution in [0.15, 0.2) is 243 Å². The fourth-order valence-electron chi connectivity index (χ4n) is 11.3. The molecule has 0 saturated heterocycles. The minimum absolute atomic E-state index is 0.584. The van der Waals surface area contributed by atoms with Gasteiger partial charge in [-0.3, -0.25) is 0 Å². The van der Waals surface area contributed by atoms with Gasteiger partial charge in [-0.25, -0.2) is 29.9 Å². The molecule has 366 valence electrons. The van der Waals surface area contributed by atoms with E-state index in [0.29, 0.717) is 34.9 Å². The molecule has 0 unspecified atom stereocenters. The lowest BCUT2D eigenvalue weighted by Gasteiger charge is -2.34. The van der Waals surface area contributed by atoms with Crippen molar-refractivity contribution in [3.8, 4) is 102 Å². The van der Waals surface area contributed by atoms with Crippen LogP contribution in [0.25, 0.3) is 102 Å². The number of hydrogen-bond acceptors (Lipinski definition) is 6. The van der Waals surface area contributed by atoms with Gasteiger partial charge in [-0.15, -0.1) is 0 Å². The average molecular weight is 989 g/mol. The molecule has 0 spiro atoms. The summed E-state index contributed by atoms with van der Waals surface area (Å²) in [6.45, 7) is 8.41. The van der Waals surface area contributed by atoms with Gasteiger partial charge in [0.2, 0.25) is 0 Å². The van der Waals surface area contributed by atoms with Crippen LogP contribution in [0.4, 0.5) is 0 Å². The molecule has 0 atom stereocenters. The smallest absolute Gasteiger partial charge is 0.164 e. The summed E-state index contributed by atoms with van der Waals surface area (Å²) >= 11 is 0. The summed E-state index contributed by atoms with van der Waals surface area (Å²) in [4.78, 5) is 30.8. The van der Waals surface area contributed by atoms with Gasteiger partial charge < -0.3 is 0 Å². The Bertz CT molecular complexity index is 3820. The van der Waals surface area contributed by atoms with Gasteiger partial charge in [0.1, 0.15) is 0 Å². The Hall–Kier alpha value is -9.78. The lowest BCUT2D eigenvalue weighted by Crippen LogP contribution is -2.28. The van der Waals surface area contributed by atoms with Crippen molar-refractivity contribution in [1.29, 1.82) is 0 Å². The van der Waals surface area contributed by atoms with E-state index in [1.54, 1.807) is 0 Å². The van der Waals surface area contributed by atoms with Crippen molar-refractivity contribution in [2.45, 2.75) is 33.1 Å². The monoisotopic (exact) mass is 988 g/mol. The maximum atomic E-state index is 5.17. The van der Waals surface area contributed by atoms with Gasteiger partial charge in [-0.05, 0) is 130 Å². The van der Waals surface area contributed by atoms with E-state index in [1.807, 2.05) is 48.5 Å². The highest BCUT2D eigenvalue weighted by molar-refractivity contribution is 5.92. The molecule has 0 fully saturated rings. The Morgan fingerprint density at radius 1 is 0.221 bits per heavy atom. The molecule has 0 amide bonds. The maximum absolute atomic E-state index is 5.17. The molecule has 6 nitrogen and oxygen atoms in total. The third kappa shape index (κ3) is 8.41. The first-order valence-electron chi connectivity index (χ1n) is 26.2. The Kier molecular flexibility index (Phi) is 11.9. The van der Waals surface area contributed by atoms with Crippen molar-refractivity contribution in [2.24, 2.45) is 0 Å². The molecule has 0 radical (unpaired) electrons. The van der Waals surface area contributed by atoms with E-state index in [2.05, 4.69) is 222 Å². The number of hydrogen-bond donors (Lipinski definition) is 0. The molecule has 0 bridgehead atoms. The Labute approximate surface area is 449 Å². The highest BCUT2D eigenvalue weighted by Gasteiger charge is 2.46. The highest BCUT2D eigenvalue weighted by atomic mass is 15.0. The van der Waals surface area contributed by atoms with Gasteiger partial charge in [-0.2, -0.15) is 0 Å². The lowest BCUT2D eigenvalue weighted by molar-refractivity contribution is 0.768. The zero-order valence-corrected chi connectivity index (χ0v) is 43.3. The molecule has 0 saturated carbocycles. The van der Waals surface area contributed by atoms with E-state index in [1.165, 1.54) is 33.4 Å². The molecular formula is C71H52N6. The number of aryl methyl sites for hydroxylation is 4. The molecule has 6 heteroatoms. The summed E-state index contributed by atoms with van der Waals surface area (Å²) in [6.07, 6.45) is 0. The van der Waals surface area contributed by atoms with E-state index in [0.717, 1.165) is 77.9 Å².